The number of methoxy groups -OCH3 is 2. The molecule has 8 heteroatoms. The zero-order valence-electron chi connectivity index (χ0n) is 17.5. The van der Waals surface area contributed by atoms with Crippen molar-refractivity contribution in [3.8, 4) is 11.5 Å². The maximum Gasteiger partial charge on any atom is 0.241 e. The zero-order chi connectivity index (χ0) is 21.6. The molecule has 0 radical (unpaired) electrons. The van der Waals surface area contributed by atoms with Crippen molar-refractivity contribution in [2.24, 2.45) is 0 Å². The average molecular weight is 421 g/mol. The van der Waals surface area contributed by atoms with Crippen molar-refractivity contribution < 1.29 is 22.7 Å². The van der Waals surface area contributed by atoms with Crippen molar-refractivity contribution in [1.82, 2.24) is 4.90 Å². The van der Waals surface area contributed by atoms with Gasteiger partial charge in [0.1, 0.15) is 10.6 Å². The summed E-state index contributed by atoms with van der Waals surface area (Å²) in [5.74, 6) is 0.385. The summed E-state index contributed by atoms with van der Waals surface area (Å²) in [6.45, 7) is 6.89. The van der Waals surface area contributed by atoms with Crippen LogP contribution < -0.4 is 14.8 Å². The third-order valence-corrected chi connectivity index (χ3v) is 6.41. The van der Waals surface area contributed by atoms with Gasteiger partial charge in [-0.3, -0.25) is 4.79 Å². The summed E-state index contributed by atoms with van der Waals surface area (Å²) in [5.41, 5.74) is 1.33. The molecule has 0 aliphatic carbocycles. The van der Waals surface area contributed by atoms with Crippen LogP contribution in [-0.4, -0.2) is 53.1 Å². The Morgan fingerprint density at radius 1 is 1.03 bits per heavy atom. The molecule has 2 rings (SSSR count). The summed E-state index contributed by atoms with van der Waals surface area (Å²) in [6.07, 6.45) is 0. The Morgan fingerprint density at radius 3 is 2.17 bits per heavy atom. The Labute approximate surface area is 172 Å². The zero-order valence-corrected chi connectivity index (χ0v) is 18.3. The van der Waals surface area contributed by atoms with Crippen molar-refractivity contribution in [2.75, 3.05) is 39.2 Å². The van der Waals surface area contributed by atoms with Crippen LogP contribution in [0.5, 0.6) is 11.5 Å². The van der Waals surface area contributed by atoms with Crippen LogP contribution in [0.25, 0.3) is 0 Å². The standard InChI is InChI=1S/C21H28N2O5S/c1-6-23(7-2)20(24)14-22-18-12-16(27-4)13-19(21(18)28-5)29(25,26)17-10-8-15(3)9-11-17/h8-13,22H,6-7,14H2,1-5H3. The number of hydrogen-bond acceptors (Lipinski definition) is 6. The second-order valence-electron chi connectivity index (χ2n) is 6.44. The number of ether oxygens (including phenoxy) is 2. The van der Waals surface area contributed by atoms with E-state index in [-0.39, 0.29) is 28.0 Å². The molecular weight excluding hydrogens is 392 g/mol. The van der Waals surface area contributed by atoms with Crippen LogP contribution in [0.2, 0.25) is 0 Å². The first-order chi connectivity index (χ1) is 13.8. The van der Waals surface area contributed by atoms with Crippen LogP contribution in [0.1, 0.15) is 19.4 Å². The van der Waals surface area contributed by atoms with Crippen molar-refractivity contribution in [1.29, 1.82) is 0 Å². The summed E-state index contributed by atoms with van der Waals surface area (Å²) >= 11 is 0. The number of aryl methyl sites for hydroxylation is 1. The van der Waals surface area contributed by atoms with Gasteiger partial charge in [0.15, 0.2) is 5.75 Å². The number of carbonyl (C=O) groups excluding carboxylic acids is 1. The molecule has 0 heterocycles. The van der Waals surface area contributed by atoms with Gasteiger partial charge in [-0.2, -0.15) is 0 Å². The minimum absolute atomic E-state index is 0.00915. The number of benzene rings is 2. The van der Waals surface area contributed by atoms with E-state index in [1.54, 1.807) is 35.2 Å². The Bertz CT molecular complexity index is 952. The predicted molar refractivity (Wildman–Crippen MR) is 113 cm³/mol. The Hall–Kier alpha value is -2.74. The first-order valence-electron chi connectivity index (χ1n) is 9.37. The van der Waals surface area contributed by atoms with Crippen molar-refractivity contribution in [3.05, 3.63) is 42.0 Å². The van der Waals surface area contributed by atoms with Crippen LogP contribution in [0.15, 0.2) is 46.2 Å². The van der Waals surface area contributed by atoms with E-state index in [4.69, 9.17) is 9.47 Å². The highest BCUT2D eigenvalue weighted by molar-refractivity contribution is 7.91. The molecule has 29 heavy (non-hydrogen) atoms. The molecule has 1 amide bonds. The number of sulfone groups is 1. The minimum atomic E-state index is -3.86. The van der Waals surface area contributed by atoms with Gasteiger partial charge in [0.25, 0.3) is 0 Å². The predicted octanol–water partition coefficient (Wildman–Crippen LogP) is 3.13. The highest BCUT2D eigenvalue weighted by atomic mass is 32.2. The maximum absolute atomic E-state index is 13.2. The van der Waals surface area contributed by atoms with Gasteiger partial charge in [0, 0.05) is 25.2 Å². The van der Waals surface area contributed by atoms with Crippen molar-refractivity contribution in [3.63, 3.8) is 0 Å². The first-order valence-corrected chi connectivity index (χ1v) is 10.9. The highest BCUT2D eigenvalue weighted by Gasteiger charge is 2.26. The average Bonchev–Trinajstić information content (AvgIpc) is 2.72. The fourth-order valence-electron chi connectivity index (χ4n) is 2.94. The molecule has 0 spiro atoms. The van der Waals surface area contributed by atoms with Gasteiger partial charge in [-0.05, 0) is 32.9 Å². The highest BCUT2D eigenvalue weighted by Crippen LogP contribution is 2.39. The number of carbonyl (C=O) groups is 1. The normalized spacial score (nSPS) is 11.1. The van der Waals surface area contributed by atoms with Crippen LogP contribution in [0.4, 0.5) is 5.69 Å². The van der Waals surface area contributed by atoms with Gasteiger partial charge < -0.3 is 19.7 Å². The van der Waals surface area contributed by atoms with E-state index in [2.05, 4.69) is 5.32 Å². The summed E-state index contributed by atoms with van der Waals surface area (Å²) in [4.78, 5) is 14.2. The van der Waals surface area contributed by atoms with Crippen LogP contribution in [-0.2, 0) is 14.6 Å². The monoisotopic (exact) mass is 420 g/mol. The van der Waals surface area contributed by atoms with E-state index in [1.807, 2.05) is 20.8 Å². The molecular formula is C21H28N2O5S. The second-order valence-corrected chi connectivity index (χ2v) is 8.36. The lowest BCUT2D eigenvalue weighted by atomic mass is 10.2. The molecule has 0 atom stereocenters. The minimum Gasteiger partial charge on any atom is -0.497 e. The van der Waals surface area contributed by atoms with Crippen LogP contribution >= 0.6 is 0 Å². The SMILES string of the molecule is CCN(CC)C(=O)CNc1cc(OC)cc(S(=O)(=O)c2ccc(C)cc2)c1OC. The Morgan fingerprint density at radius 2 is 1.66 bits per heavy atom. The van der Waals surface area contributed by atoms with Crippen LogP contribution in [0.3, 0.4) is 0 Å². The fourth-order valence-corrected chi connectivity index (χ4v) is 4.40. The molecule has 7 nitrogen and oxygen atoms in total. The van der Waals surface area contributed by atoms with E-state index in [1.165, 1.54) is 20.3 Å². The van der Waals surface area contributed by atoms with Crippen LogP contribution in [0, 0.1) is 6.92 Å². The number of anilines is 1. The lowest BCUT2D eigenvalue weighted by Gasteiger charge is -2.21. The number of nitrogens with one attached hydrogen (secondary N) is 1. The number of nitrogens with zero attached hydrogens (tertiary/aromatic N) is 1. The molecule has 0 saturated carbocycles. The topological polar surface area (TPSA) is 84.9 Å². The molecule has 2 aromatic carbocycles. The lowest BCUT2D eigenvalue weighted by molar-refractivity contribution is -0.128. The molecule has 1 N–H and O–H groups in total. The molecule has 0 unspecified atom stereocenters. The van der Waals surface area contributed by atoms with E-state index in [0.717, 1.165) is 5.56 Å². The largest absolute Gasteiger partial charge is 0.497 e. The van der Waals surface area contributed by atoms with E-state index in [9.17, 15) is 13.2 Å². The molecule has 0 fully saturated rings. The number of likely N-dealkylation sites (N-methyl/N-ethyl adjacent to an activating group) is 1. The lowest BCUT2D eigenvalue weighted by Crippen LogP contribution is -2.35. The van der Waals surface area contributed by atoms with Gasteiger partial charge in [0.2, 0.25) is 15.7 Å². The second kappa shape index (κ2) is 9.65. The molecule has 0 aliphatic rings. The molecule has 0 aliphatic heterocycles. The Kier molecular flexibility index (Phi) is 7.50. The van der Waals surface area contributed by atoms with Gasteiger partial charge in [-0.1, -0.05) is 17.7 Å². The summed E-state index contributed by atoms with van der Waals surface area (Å²) in [7, 11) is -1.01. The molecule has 0 bridgehead atoms. The van der Waals surface area contributed by atoms with Crippen molar-refractivity contribution in [2.45, 2.75) is 30.6 Å². The van der Waals surface area contributed by atoms with E-state index >= 15 is 0 Å². The third kappa shape index (κ3) is 5.00. The number of hydrogen-bond donors (Lipinski definition) is 1. The molecule has 2 aromatic rings. The van der Waals surface area contributed by atoms with Gasteiger partial charge in [-0.25, -0.2) is 8.42 Å². The smallest absolute Gasteiger partial charge is 0.241 e. The summed E-state index contributed by atoms with van der Waals surface area (Å²) in [5, 5.41) is 3.00. The number of amides is 1. The van der Waals surface area contributed by atoms with E-state index < -0.39 is 9.84 Å². The van der Waals surface area contributed by atoms with Gasteiger partial charge >= 0.3 is 0 Å². The Balaban J connectivity index is 2.49. The quantitative estimate of drug-likeness (QED) is 0.671. The molecule has 0 saturated heterocycles. The molecule has 158 valence electrons. The summed E-state index contributed by atoms with van der Waals surface area (Å²) in [6, 6.07) is 9.62. The van der Waals surface area contributed by atoms with Crippen molar-refractivity contribution >= 4 is 21.4 Å². The molecule has 0 aromatic heterocycles. The third-order valence-electron chi connectivity index (χ3n) is 4.64. The summed E-state index contributed by atoms with van der Waals surface area (Å²) < 4.78 is 37.2. The maximum atomic E-state index is 13.2. The fraction of sp³-hybridized carbons (Fsp3) is 0.381. The van der Waals surface area contributed by atoms with Gasteiger partial charge in [-0.15, -0.1) is 0 Å². The number of rotatable bonds is 9. The first kappa shape index (κ1) is 22.5. The van der Waals surface area contributed by atoms with Gasteiger partial charge in [0.05, 0.1) is 31.3 Å². The van der Waals surface area contributed by atoms with E-state index in [0.29, 0.717) is 24.5 Å².